The Hall–Kier alpha value is -2.89. The van der Waals surface area contributed by atoms with Gasteiger partial charge in [-0.1, -0.05) is 18.2 Å². The minimum atomic E-state index is -1.27. The van der Waals surface area contributed by atoms with Crippen molar-refractivity contribution in [1.82, 2.24) is 0 Å². The molecule has 0 atom stereocenters. The van der Waals surface area contributed by atoms with Gasteiger partial charge in [0.05, 0.1) is 11.1 Å². The summed E-state index contributed by atoms with van der Waals surface area (Å²) in [7, 11) is 0. The number of nitrogens with one attached hydrogen (secondary N) is 1. The third-order valence-electron chi connectivity index (χ3n) is 2.25. The van der Waals surface area contributed by atoms with Gasteiger partial charge in [0, 0.05) is 11.8 Å². The predicted octanol–water partition coefficient (Wildman–Crippen LogP) is 2.15. The molecule has 1 aromatic carbocycles. The van der Waals surface area contributed by atoms with E-state index in [1.807, 2.05) is 0 Å². The second-order valence-electron chi connectivity index (χ2n) is 3.78. The maximum Gasteiger partial charge on any atom is 0.335 e. The molecular weight excluding hydrogens is 262 g/mol. The van der Waals surface area contributed by atoms with Gasteiger partial charge in [-0.2, -0.15) is 0 Å². The predicted molar refractivity (Wildman–Crippen MR) is 72.9 cm³/mol. The third kappa shape index (κ3) is 4.41. The van der Waals surface area contributed by atoms with E-state index in [1.54, 1.807) is 19.1 Å². The van der Waals surface area contributed by atoms with Crippen molar-refractivity contribution < 1.29 is 24.6 Å². The Morgan fingerprint density at radius 3 is 2.00 bits per heavy atom. The van der Waals surface area contributed by atoms with Gasteiger partial charge < -0.3 is 15.5 Å². The van der Waals surface area contributed by atoms with Crippen LogP contribution in [-0.2, 0) is 4.79 Å². The Bertz CT molecular complexity index is 569. The van der Waals surface area contributed by atoms with Crippen molar-refractivity contribution >= 4 is 23.5 Å². The first-order valence-electron chi connectivity index (χ1n) is 5.66. The Morgan fingerprint density at radius 2 is 1.55 bits per heavy atom. The second kappa shape index (κ2) is 6.89. The van der Waals surface area contributed by atoms with E-state index in [4.69, 9.17) is 10.2 Å². The highest BCUT2D eigenvalue weighted by Gasteiger charge is 2.12. The standard InChI is InChI=1S/C14H13NO5/c1-2-3-4-5-12(16)15-11-7-9(13(17)18)6-10(8-11)14(19)20/h2-8H,1H3,(H,15,16)(H,17,18)(H,19,20). The zero-order chi connectivity index (χ0) is 15.1. The molecule has 0 saturated carbocycles. The number of amides is 1. The van der Waals surface area contributed by atoms with Gasteiger partial charge in [-0.15, -0.1) is 0 Å². The normalized spacial score (nSPS) is 10.8. The van der Waals surface area contributed by atoms with Crippen molar-refractivity contribution in [2.75, 3.05) is 5.32 Å². The molecule has 0 aliphatic rings. The summed E-state index contributed by atoms with van der Waals surface area (Å²) in [5.41, 5.74) is -0.312. The highest BCUT2D eigenvalue weighted by molar-refractivity contribution is 6.02. The smallest absolute Gasteiger partial charge is 0.335 e. The Balaban J connectivity index is 3.02. The summed E-state index contributed by atoms with van der Waals surface area (Å²) in [6, 6.07) is 3.41. The van der Waals surface area contributed by atoms with Crippen molar-refractivity contribution in [2.24, 2.45) is 0 Å². The molecule has 3 N–H and O–H groups in total. The summed E-state index contributed by atoms with van der Waals surface area (Å²) in [5, 5.41) is 20.2. The van der Waals surface area contributed by atoms with Gasteiger partial charge in [0.2, 0.25) is 5.91 Å². The maximum atomic E-state index is 11.5. The van der Waals surface area contributed by atoms with Crippen molar-refractivity contribution in [1.29, 1.82) is 0 Å². The van der Waals surface area contributed by atoms with Crippen LogP contribution in [0.1, 0.15) is 27.6 Å². The average Bonchev–Trinajstić information content (AvgIpc) is 2.38. The van der Waals surface area contributed by atoms with Gasteiger partial charge in [0.15, 0.2) is 0 Å². The van der Waals surface area contributed by atoms with Crippen LogP contribution in [0.2, 0.25) is 0 Å². The monoisotopic (exact) mass is 275 g/mol. The van der Waals surface area contributed by atoms with Crippen LogP contribution >= 0.6 is 0 Å². The number of carboxylic acids is 2. The molecule has 0 unspecified atom stereocenters. The quantitative estimate of drug-likeness (QED) is 0.564. The Kier molecular flexibility index (Phi) is 5.22. The van der Waals surface area contributed by atoms with Gasteiger partial charge in [-0.05, 0) is 25.1 Å². The van der Waals surface area contributed by atoms with E-state index in [9.17, 15) is 14.4 Å². The van der Waals surface area contributed by atoms with E-state index in [1.165, 1.54) is 24.3 Å². The van der Waals surface area contributed by atoms with Crippen LogP contribution in [0.3, 0.4) is 0 Å². The molecule has 0 fully saturated rings. The number of aromatic carboxylic acids is 2. The molecule has 0 heterocycles. The second-order valence-corrected chi connectivity index (χ2v) is 3.78. The molecule has 6 nitrogen and oxygen atoms in total. The first-order valence-corrected chi connectivity index (χ1v) is 5.66. The van der Waals surface area contributed by atoms with Crippen LogP contribution in [0.25, 0.3) is 0 Å². The summed E-state index contributed by atoms with van der Waals surface area (Å²) in [5.74, 6) is -3.02. The third-order valence-corrected chi connectivity index (χ3v) is 2.25. The van der Waals surface area contributed by atoms with Gasteiger partial charge >= 0.3 is 11.9 Å². The van der Waals surface area contributed by atoms with Crippen LogP contribution in [-0.4, -0.2) is 28.1 Å². The molecule has 0 aliphatic heterocycles. The minimum absolute atomic E-state index is 0.109. The highest BCUT2D eigenvalue weighted by atomic mass is 16.4. The van der Waals surface area contributed by atoms with Crippen LogP contribution in [0, 0.1) is 0 Å². The number of benzene rings is 1. The number of anilines is 1. The summed E-state index contributed by atoms with van der Waals surface area (Å²) in [6.45, 7) is 1.79. The molecule has 0 radical (unpaired) electrons. The molecule has 1 amide bonds. The lowest BCUT2D eigenvalue weighted by Crippen LogP contribution is -2.10. The lowest BCUT2D eigenvalue weighted by atomic mass is 10.1. The number of hydrogen-bond donors (Lipinski definition) is 3. The molecule has 1 aromatic rings. The molecule has 20 heavy (non-hydrogen) atoms. The van der Waals surface area contributed by atoms with Crippen molar-refractivity contribution in [3.63, 3.8) is 0 Å². The fraction of sp³-hybridized carbons (Fsp3) is 0.0714. The first kappa shape index (κ1) is 15.2. The molecule has 1 rings (SSSR count). The van der Waals surface area contributed by atoms with Crippen LogP contribution in [0.15, 0.2) is 42.5 Å². The molecule has 0 aliphatic carbocycles. The molecular formula is C14H13NO5. The number of carboxylic acid groups (broad SMARTS) is 2. The molecule has 6 heteroatoms. The van der Waals surface area contributed by atoms with E-state index in [-0.39, 0.29) is 16.8 Å². The maximum absolute atomic E-state index is 11.5. The topological polar surface area (TPSA) is 104 Å². The number of hydrogen-bond acceptors (Lipinski definition) is 3. The highest BCUT2D eigenvalue weighted by Crippen LogP contribution is 2.15. The lowest BCUT2D eigenvalue weighted by molar-refractivity contribution is -0.111. The fourth-order valence-corrected chi connectivity index (χ4v) is 1.38. The van der Waals surface area contributed by atoms with E-state index in [2.05, 4.69) is 5.32 Å². The average molecular weight is 275 g/mol. The van der Waals surface area contributed by atoms with E-state index >= 15 is 0 Å². The summed E-state index contributed by atoms with van der Waals surface area (Å²) in [4.78, 5) is 33.3. The van der Waals surface area contributed by atoms with Crippen LogP contribution in [0.4, 0.5) is 5.69 Å². The number of carbonyl (C=O) groups is 3. The Labute approximate surface area is 115 Å². The van der Waals surface area contributed by atoms with E-state index in [0.29, 0.717) is 0 Å². The zero-order valence-corrected chi connectivity index (χ0v) is 10.7. The molecule has 0 spiro atoms. The molecule has 0 aromatic heterocycles. The molecule has 104 valence electrons. The van der Waals surface area contributed by atoms with Crippen LogP contribution in [0.5, 0.6) is 0 Å². The van der Waals surface area contributed by atoms with Crippen molar-refractivity contribution in [3.05, 3.63) is 53.6 Å². The first-order chi connectivity index (χ1) is 9.43. The number of allylic oxidation sites excluding steroid dienone is 3. The van der Waals surface area contributed by atoms with Crippen LogP contribution < -0.4 is 5.32 Å². The zero-order valence-electron chi connectivity index (χ0n) is 10.7. The Morgan fingerprint density at radius 1 is 1.00 bits per heavy atom. The SMILES string of the molecule is CC=CC=CC(=O)Nc1cc(C(=O)O)cc(C(=O)O)c1. The van der Waals surface area contributed by atoms with Gasteiger partial charge in [-0.25, -0.2) is 9.59 Å². The minimum Gasteiger partial charge on any atom is -0.478 e. The van der Waals surface area contributed by atoms with E-state index in [0.717, 1.165) is 6.07 Å². The van der Waals surface area contributed by atoms with Gasteiger partial charge in [0.25, 0.3) is 0 Å². The number of rotatable bonds is 5. The molecule has 0 saturated heterocycles. The van der Waals surface area contributed by atoms with Gasteiger partial charge in [0.1, 0.15) is 0 Å². The van der Waals surface area contributed by atoms with E-state index < -0.39 is 17.8 Å². The number of carbonyl (C=O) groups excluding carboxylic acids is 1. The van der Waals surface area contributed by atoms with Crippen molar-refractivity contribution in [3.8, 4) is 0 Å². The summed E-state index contributed by atoms with van der Waals surface area (Å²) >= 11 is 0. The molecule has 0 bridgehead atoms. The lowest BCUT2D eigenvalue weighted by Gasteiger charge is -2.05. The largest absolute Gasteiger partial charge is 0.478 e. The summed E-state index contributed by atoms with van der Waals surface area (Å²) < 4.78 is 0. The summed E-state index contributed by atoms with van der Waals surface area (Å²) in [6.07, 6.45) is 6.13. The van der Waals surface area contributed by atoms with Crippen molar-refractivity contribution in [2.45, 2.75) is 6.92 Å². The fourth-order valence-electron chi connectivity index (χ4n) is 1.38. The van der Waals surface area contributed by atoms with Gasteiger partial charge in [-0.3, -0.25) is 4.79 Å².